The highest BCUT2D eigenvalue weighted by molar-refractivity contribution is 5.85. The molecule has 1 aromatic carbocycles. The van der Waals surface area contributed by atoms with E-state index in [-0.39, 0.29) is 24.8 Å². The molecular weight excluding hydrogens is 199 g/mol. The summed E-state index contributed by atoms with van der Waals surface area (Å²) < 4.78 is 5.01. The SMILES string of the molecule is CC=O.Cl.Cl.c1cc2cc(c1)O2. The second-order valence-corrected chi connectivity index (χ2v) is 1.81. The van der Waals surface area contributed by atoms with Gasteiger partial charge in [-0.15, -0.1) is 24.8 Å². The molecule has 0 aromatic heterocycles. The smallest absolute Gasteiger partial charge is 0.131 e. The van der Waals surface area contributed by atoms with Crippen LogP contribution < -0.4 is 4.74 Å². The molecule has 2 heterocycles. The molecule has 2 nitrogen and oxygen atoms in total. The Hall–Kier alpha value is -0.730. The summed E-state index contributed by atoms with van der Waals surface area (Å²) >= 11 is 0. The van der Waals surface area contributed by atoms with Crippen molar-refractivity contribution in [3.05, 3.63) is 24.3 Å². The molecule has 0 saturated heterocycles. The predicted molar refractivity (Wildman–Crippen MR) is 52.8 cm³/mol. The molecule has 0 fully saturated rings. The van der Waals surface area contributed by atoms with Gasteiger partial charge in [0.05, 0.1) is 0 Å². The van der Waals surface area contributed by atoms with Gasteiger partial charge in [0.15, 0.2) is 0 Å². The van der Waals surface area contributed by atoms with Gasteiger partial charge in [0, 0.05) is 6.07 Å². The highest BCUT2D eigenvalue weighted by atomic mass is 35.5. The molecule has 2 bridgehead atoms. The topological polar surface area (TPSA) is 26.3 Å². The third-order valence-corrected chi connectivity index (χ3v) is 1.04. The molecule has 0 atom stereocenters. The van der Waals surface area contributed by atoms with Crippen molar-refractivity contribution in [2.24, 2.45) is 0 Å². The van der Waals surface area contributed by atoms with Gasteiger partial charge in [-0.25, -0.2) is 0 Å². The summed E-state index contributed by atoms with van der Waals surface area (Å²) in [6.07, 6.45) is 0.750. The quantitative estimate of drug-likeness (QED) is 0.623. The first kappa shape index (κ1) is 13.8. The monoisotopic (exact) mass is 208 g/mol. The number of carbonyl (C=O) groups excluding carboxylic acids is 1. The van der Waals surface area contributed by atoms with Crippen molar-refractivity contribution in [3.8, 4) is 11.5 Å². The maximum absolute atomic E-state index is 8.81. The molecule has 0 unspecified atom stereocenters. The summed E-state index contributed by atoms with van der Waals surface area (Å²) in [6, 6.07) is 7.86. The number of hydrogen-bond donors (Lipinski definition) is 0. The third kappa shape index (κ3) is 3.60. The minimum Gasteiger partial charge on any atom is -0.457 e. The average molecular weight is 209 g/mol. The molecule has 4 heteroatoms. The summed E-state index contributed by atoms with van der Waals surface area (Å²) in [5.74, 6) is 1.97. The van der Waals surface area contributed by atoms with Crippen LogP contribution in [0.5, 0.6) is 11.5 Å². The zero-order valence-corrected chi connectivity index (χ0v) is 8.15. The maximum atomic E-state index is 8.81. The van der Waals surface area contributed by atoms with Crippen LogP contribution in [0, 0.1) is 0 Å². The summed E-state index contributed by atoms with van der Waals surface area (Å²) in [5.41, 5.74) is 0. The zero-order chi connectivity index (χ0) is 7.40. The maximum Gasteiger partial charge on any atom is 0.131 e. The number of halogens is 2. The largest absolute Gasteiger partial charge is 0.457 e. The van der Waals surface area contributed by atoms with E-state index >= 15 is 0 Å². The van der Waals surface area contributed by atoms with Gasteiger partial charge in [-0.1, -0.05) is 6.07 Å². The number of rotatable bonds is 0. The first-order valence-corrected chi connectivity index (χ1v) is 3.04. The van der Waals surface area contributed by atoms with Crippen molar-refractivity contribution < 1.29 is 9.53 Å². The summed E-state index contributed by atoms with van der Waals surface area (Å²) in [4.78, 5) is 8.81. The molecule has 0 aliphatic carbocycles. The molecule has 0 amide bonds. The molecular formula is C8H10Cl2O2. The van der Waals surface area contributed by atoms with Gasteiger partial charge in [-0.2, -0.15) is 0 Å². The fourth-order valence-corrected chi connectivity index (χ4v) is 0.679. The second-order valence-electron chi connectivity index (χ2n) is 1.81. The number of carbonyl (C=O) groups is 1. The first-order chi connectivity index (χ1) is 4.86. The van der Waals surface area contributed by atoms with E-state index < -0.39 is 0 Å². The lowest BCUT2D eigenvalue weighted by Gasteiger charge is -2.13. The molecule has 0 radical (unpaired) electrons. The van der Waals surface area contributed by atoms with Crippen LogP contribution in [0.2, 0.25) is 0 Å². The highest BCUT2D eigenvalue weighted by Gasteiger charge is 2.05. The van der Waals surface area contributed by atoms with Crippen LogP contribution in [0.25, 0.3) is 0 Å². The van der Waals surface area contributed by atoms with E-state index in [0.717, 1.165) is 17.8 Å². The van der Waals surface area contributed by atoms with E-state index in [0.29, 0.717) is 0 Å². The lowest BCUT2D eigenvalue weighted by Crippen LogP contribution is -1.91. The van der Waals surface area contributed by atoms with Crippen molar-refractivity contribution in [2.45, 2.75) is 6.92 Å². The standard InChI is InChI=1S/C6H4O.C2H4O.2ClH/c1-2-5-4-6(3-1)7-5;1-2-3;;/h1-4H;2H,1H3;2*1H. The summed E-state index contributed by atoms with van der Waals surface area (Å²) in [7, 11) is 0. The summed E-state index contributed by atoms with van der Waals surface area (Å²) in [5, 5.41) is 0. The molecule has 1 aromatic rings. The van der Waals surface area contributed by atoms with Gasteiger partial charge in [0.25, 0.3) is 0 Å². The fourth-order valence-electron chi connectivity index (χ4n) is 0.679. The molecule has 2 aliphatic rings. The van der Waals surface area contributed by atoms with Crippen LogP contribution in [0.4, 0.5) is 0 Å². The highest BCUT2D eigenvalue weighted by Crippen LogP contribution is 2.32. The van der Waals surface area contributed by atoms with Crippen molar-refractivity contribution in [1.29, 1.82) is 0 Å². The number of hydrogen-bond acceptors (Lipinski definition) is 2. The molecule has 12 heavy (non-hydrogen) atoms. The molecule has 0 spiro atoms. The molecule has 0 saturated carbocycles. The lowest BCUT2D eigenvalue weighted by atomic mass is 10.2. The van der Waals surface area contributed by atoms with Gasteiger partial charge in [0.1, 0.15) is 17.8 Å². The lowest BCUT2D eigenvalue weighted by molar-refractivity contribution is -0.106. The molecule has 0 N–H and O–H groups in total. The normalized spacial score (nSPS) is 8.08. The van der Waals surface area contributed by atoms with Crippen LogP contribution in [-0.2, 0) is 4.79 Å². The minimum absolute atomic E-state index is 0. The van der Waals surface area contributed by atoms with Crippen LogP contribution in [0.1, 0.15) is 6.92 Å². The number of aldehydes is 1. The minimum atomic E-state index is 0. The van der Waals surface area contributed by atoms with Crippen molar-refractivity contribution in [3.63, 3.8) is 0 Å². The van der Waals surface area contributed by atoms with Gasteiger partial charge >= 0.3 is 0 Å². The van der Waals surface area contributed by atoms with Gasteiger partial charge < -0.3 is 9.53 Å². The van der Waals surface area contributed by atoms with E-state index in [1.165, 1.54) is 6.92 Å². The Morgan fingerprint density at radius 1 is 1.25 bits per heavy atom. The van der Waals surface area contributed by atoms with Crippen LogP contribution in [-0.4, -0.2) is 6.29 Å². The van der Waals surface area contributed by atoms with Crippen LogP contribution >= 0.6 is 24.8 Å². The number of ether oxygens (including phenoxy) is 1. The fraction of sp³-hybridized carbons (Fsp3) is 0.125. The van der Waals surface area contributed by atoms with Crippen molar-refractivity contribution >= 4 is 31.1 Å². The van der Waals surface area contributed by atoms with Crippen molar-refractivity contribution in [2.75, 3.05) is 0 Å². The van der Waals surface area contributed by atoms with Gasteiger partial charge in [0.2, 0.25) is 0 Å². The Balaban J connectivity index is 0. The predicted octanol–water partition coefficient (Wildman–Crippen LogP) is 2.84. The summed E-state index contributed by atoms with van der Waals surface area (Å²) in [6.45, 7) is 1.44. The Kier molecular flexibility index (Phi) is 8.01. The van der Waals surface area contributed by atoms with Gasteiger partial charge in [-0.05, 0) is 19.1 Å². The van der Waals surface area contributed by atoms with E-state index in [4.69, 9.17) is 9.53 Å². The Bertz CT molecular complexity index is 214. The van der Waals surface area contributed by atoms with E-state index in [1.807, 2.05) is 24.3 Å². The van der Waals surface area contributed by atoms with E-state index in [1.54, 1.807) is 0 Å². The zero-order valence-electron chi connectivity index (χ0n) is 6.52. The average Bonchev–Trinajstić information content (AvgIpc) is 1.90. The Morgan fingerprint density at radius 3 is 1.67 bits per heavy atom. The van der Waals surface area contributed by atoms with Crippen LogP contribution in [0.15, 0.2) is 24.3 Å². The van der Waals surface area contributed by atoms with E-state index in [9.17, 15) is 0 Å². The number of fused-ring (bicyclic) bond motifs is 2. The number of benzene rings is 1. The van der Waals surface area contributed by atoms with E-state index in [2.05, 4.69) is 0 Å². The molecule has 2 aliphatic heterocycles. The third-order valence-electron chi connectivity index (χ3n) is 1.04. The van der Waals surface area contributed by atoms with Crippen LogP contribution in [0.3, 0.4) is 0 Å². The van der Waals surface area contributed by atoms with Gasteiger partial charge in [-0.3, -0.25) is 0 Å². The van der Waals surface area contributed by atoms with Crippen molar-refractivity contribution in [1.82, 2.24) is 0 Å². The Morgan fingerprint density at radius 2 is 1.58 bits per heavy atom. The molecule has 3 rings (SSSR count). The first-order valence-electron chi connectivity index (χ1n) is 3.04. The second kappa shape index (κ2) is 6.95. The Labute approximate surface area is 83.7 Å². The molecule has 68 valence electrons.